The quantitative estimate of drug-likeness (QED) is 0.490. The fourth-order valence-corrected chi connectivity index (χ4v) is 6.72. The molecular weight excluding hydrogens is 484 g/mol. The molecule has 4 heterocycles. The molecule has 7 nitrogen and oxygen atoms in total. The third-order valence-electron chi connectivity index (χ3n) is 8.57. The van der Waals surface area contributed by atoms with Crippen LogP contribution in [0.5, 0.6) is 0 Å². The van der Waals surface area contributed by atoms with Crippen molar-refractivity contribution in [2.45, 2.75) is 46.5 Å². The molecule has 3 aliphatic rings. The summed E-state index contributed by atoms with van der Waals surface area (Å²) in [5.41, 5.74) is 7.31. The van der Waals surface area contributed by atoms with Gasteiger partial charge in [-0.3, -0.25) is 9.89 Å². The van der Waals surface area contributed by atoms with E-state index in [4.69, 9.17) is 16.6 Å². The molecule has 0 unspecified atom stereocenters. The second kappa shape index (κ2) is 8.32. The Morgan fingerprint density at radius 1 is 1.22 bits per heavy atom. The van der Waals surface area contributed by atoms with Crippen molar-refractivity contribution < 1.29 is 4.79 Å². The summed E-state index contributed by atoms with van der Waals surface area (Å²) in [7, 11) is 0. The largest absolute Gasteiger partial charge is 0.355 e. The topological polar surface area (TPSA) is 88.9 Å². The summed E-state index contributed by atoms with van der Waals surface area (Å²) in [4.78, 5) is 21.5. The molecule has 0 atom stereocenters. The second-order valence-electron chi connectivity index (χ2n) is 11.9. The van der Waals surface area contributed by atoms with Crippen LogP contribution in [0.2, 0.25) is 0 Å². The lowest BCUT2D eigenvalue weighted by atomic mass is 9.73. The summed E-state index contributed by atoms with van der Waals surface area (Å²) < 4.78 is 0. The van der Waals surface area contributed by atoms with Crippen molar-refractivity contribution in [1.29, 1.82) is 5.26 Å². The van der Waals surface area contributed by atoms with Gasteiger partial charge in [-0.2, -0.15) is 10.4 Å². The van der Waals surface area contributed by atoms with Crippen molar-refractivity contribution in [3.05, 3.63) is 52.3 Å². The number of carbonyl (C=O) groups excluding carboxylic acids is 1. The summed E-state index contributed by atoms with van der Waals surface area (Å²) in [6, 6.07) is 6.72. The van der Waals surface area contributed by atoms with Crippen LogP contribution < -0.4 is 4.90 Å². The Morgan fingerprint density at radius 3 is 2.73 bits per heavy atom. The molecule has 2 fully saturated rings. The smallest absolute Gasteiger partial charge is 0.264 e. The Hall–Kier alpha value is -3.37. The van der Waals surface area contributed by atoms with E-state index in [0.717, 1.165) is 77.9 Å². The van der Waals surface area contributed by atoms with Crippen LogP contribution in [-0.2, 0) is 17.6 Å². The van der Waals surface area contributed by atoms with Crippen molar-refractivity contribution >= 4 is 34.2 Å². The van der Waals surface area contributed by atoms with Gasteiger partial charge in [0.1, 0.15) is 17.5 Å². The molecule has 2 saturated heterocycles. The van der Waals surface area contributed by atoms with Gasteiger partial charge in [-0.15, -0.1) is 0 Å². The number of nitrogens with zero attached hydrogens (tertiary/aromatic N) is 5. The van der Waals surface area contributed by atoms with Crippen LogP contribution in [0.15, 0.2) is 29.9 Å². The number of benzene rings is 1. The minimum absolute atomic E-state index is 0.00618. The zero-order valence-corrected chi connectivity index (χ0v) is 22.4. The van der Waals surface area contributed by atoms with Gasteiger partial charge in [0, 0.05) is 48.2 Å². The zero-order valence-electron chi connectivity index (χ0n) is 21.6. The third kappa shape index (κ3) is 3.81. The van der Waals surface area contributed by atoms with Crippen molar-refractivity contribution in [2.24, 2.45) is 10.8 Å². The number of hydrogen-bond donors (Lipinski definition) is 1. The number of amides is 1. The number of aromatic nitrogens is 3. The van der Waals surface area contributed by atoms with E-state index in [0.29, 0.717) is 18.7 Å². The van der Waals surface area contributed by atoms with E-state index in [-0.39, 0.29) is 21.8 Å². The van der Waals surface area contributed by atoms with Crippen LogP contribution in [0, 0.1) is 29.1 Å². The van der Waals surface area contributed by atoms with Gasteiger partial charge in [0.05, 0.1) is 16.7 Å². The average Bonchev–Trinajstić information content (AvgIpc) is 3.48. The molecular formula is C29H31ClN6O. The van der Waals surface area contributed by atoms with Crippen LogP contribution in [0.3, 0.4) is 0 Å². The van der Waals surface area contributed by atoms with Crippen molar-refractivity contribution in [2.75, 3.05) is 31.1 Å². The Bertz CT molecular complexity index is 1510. The van der Waals surface area contributed by atoms with Crippen molar-refractivity contribution in [3.8, 4) is 17.2 Å². The fraction of sp³-hybridized carbons (Fsp3) is 0.448. The molecule has 8 heteroatoms. The SMILES string of the molecule is C=C(Cl)C(=O)N1CC2(CCN(c3nc4c(c(-c5c(C)ccc6[nH]ncc56)c3C#N)CCC(C)(C)C4)C2)C1. The molecule has 3 aromatic rings. The number of pyridine rings is 1. The number of aromatic amines is 1. The van der Waals surface area contributed by atoms with Crippen LogP contribution >= 0.6 is 11.6 Å². The highest BCUT2D eigenvalue weighted by Crippen LogP contribution is 2.47. The number of nitrogens with one attached hydrogen (secondary N) is 1. The summed E-state index contributed by atoms with van der Waals surface area (Å²) in [5.74, 6) is 0.584. The minimum Gasteiger partial charge on any atom is -0.355 e. The molecule has 1 aliphatic carbocycles. The average molecular weight is 515 g/mol. The number of fused-ring (bicyclic) bond motifs is 2. The lowest BCUT2D eigenvalue weighted by molar-refractivity contribution is -0.137. The molecule has 1 aromatic carbocycles. The minimum atomic E-state index is -0.191. The highest BCUT2D eigenvalue weighted by molar-refractivity contribution is 6.41. The molecule has 6 rings (SSSR count). The van der Waals surface area contributed by atoms with Gasteiger partial charge in [0.2, 0.25) is 0 Å². The number of carbonyl (C=O) groups is 1. The summed E-state index contributed by atoms with van der Waals surface area (Å²) in [6.07, 6.45) is 5.66. The monoisotopic (exact) mass is 514 g/mol. The molecule has 0 saturated carbocycles. The lowest BCUT2D eigenvalue weighted by Crippen LogP contribution is -2.59. The normalized spacial score (nSPS) is 19.5. The summed E-state index contributed by atoms with van der Waals surface area (Å²) >= 11 is 5.86. The lowest BCUT2D eigenvalue weighted by Gasteiger charge is -2.47. The first kappa shape index (κ1) is 24.0. The summed E-state index contributed by atoms with van der Waals surface area (Å²) in [6.45, 7) is 13.2. The molecule has 1 N–H and O–H groups in total. The molecule has 190 valence electrons. The van der Waals surface area contributed by atoms with Crippen molar-refractivity contribution in [1.82, 2.24) is 20.1 Å². The number of nitriles is 1. The second-order valence-corrected chi connectivity index (χ2v) is 12.3. The Morgan fingerprint density at radius 2 is 2.00 bits per heavy atom. The molecule has 2 aliphatic heterocycles. The zero-order chi connectivity index (χ0) is 26.1. The van der Waals surface area contributed by atoms with Gasteiger partial charge < -0.3 is 9.80 Å². The number of anilines is 1. The number of hydrogen-bond acceptors (Lipinski definition) is 5. The van der Waals surface area contributed by atoms with Gasteiger partial charge in [0.25, 0.3) is 5.91 Å². The van der Waals surface area contributed by atoms with Crippen LogP contribution in [0.1, 0.15) is 49.1 Å². The maximum atomic E-state index is 12.3. The van der Waals surface area contributed by atoms with E-state index in [1.165, 1.54) is 5.56 Å². The molecule has 0 bridgehead atoms. The Balaban J connectivity index is 1.47. The van der Waals surface area contributed by atoms with Gasteiger partial charge in [-0.1, -0.05) is 38.1 Å². The van der Waals surface area contributed by atoms with E-state index < -0.39 is 0 Å². The van der Waals surface area contributed by atoms with E-state index in [1.807, 2.05) is 12.3 Å². The van der Waals surface area contributed by atoms with Crippen LogP contribution in [0.25, 0.3) is 22.0 Å². The highest BCUT2D eigenvalue weighted by atomic mass is 35.5. The highest BCUT2D eigenvalue weighted by Gasteiger charge is 2.50. The Labute approximate surface area is 222 Å². The van der Waals surface area contributed by atoms with E-state index in [1.54, 1.807) is 4.90 Å². The molecule has 2 aromatic heterocycles. The third-order valence-corrected chi connectivity index (χ3v) is 8.73. The molecule has 1 amide bonds. The fourth-order valence-electron chi connectivity index (χ4n) is 6.60. The summed E-state index contributed by atoms with van der Waals surface area (Å²) in [5, 5.41) is 19.1. The number of likely N-dealkylation sites (tertiary alicyclic amines) is 1. The van der Waals surface area contributed by atoms with Crippen molar-refractivity contribution in [3.63, 3.8) is 0 Å². The van der Waals surface area contributed by atoms with Crippen LogP contribution in [0.4, 0.5) is 5.82 Å². The first-order chi connectivity index (χ1) is 17.6. The van der Waals surface area contributed by atoms with E-state index in [9.17, 15) is 10.1 Å². The predicted octanol–water partition coefficient (Wildman–Crippen LogP) is 5.11. The van der Waals surface area contributed by atoms with E-state index in [2.05, 4.69) is 54.6 Å². The van der Waals surface area contributed by atoms with Gasteiger partial charge in [-0.25, -0.2) is 4.98 Å². The first-order valence-electron chi connectivity index (χ1n) is 12.9. The number of rotatable bonds is 3. The molecule has 0 radical (unpaired) electrons. The number of halogens is 1. The molecule has 1 spiro atoms. The number of H-pyrrole nitrogens is 1. The Kier molecular flexibility index (Phi) is 5.40. The standard InChI is InChI=1S/C29H31ClN6O/c1-17-5-6-22-21(13-32-34-22)24(17)25-19-7-8-28(3,4)11-23(19)33-26(20(25)12-31)35-10-9-29(14-35)15-36(16-29)27(37)18(2)30/h5-6,13H,2,7-11,14-16H2,1,3-4H3,(H,32,34). The molecule has 37 heavy (non-hydrogen) atoms. The van der Waals surface area contributed by atoms with Crippen LogP contribution in [-0.4, -0.2) is 52.2 Å². The maximum Gasteiger partial charge on any atom is 0.264 e. The van der Waals surface area contributed by atoms with Gasteiger partial charge in [-0.05, 0) is 60.8 Å². The predicted molar refractivity (Wildman–Crippen MR) is 145 cm³/mol. The maximum absolute atomic E-state index is 12.3. The van der Waals surface area contributed by atoms with Gasteiger partial charge in [0.15, 0.2) is 0 Å². The van der Waals surface area contributed by atoms with E-state index >= 15 is 0 Å². The van der Waals surface area contributed by atoms with Gasteiger partial charge >= 0.3 is 0 Å². The number of aryl methyl sites for hydroxylation is 1. The first-order valence-corrected chi connectivity index (χ1v) is 13.3.